The van der Waals surface area contributed by atoms with Gasteiger partial charge in [-0.25, -0.2) is 0 Å². The third kappa shape index (κ3) is 4.81. The molecule has 0 bridgehead atoms. The SMILES string of the molecule is CC(C)NCc1cccn1CCC(C)(C)O. The van der Waals surface area contributed by atoms with E-state index >= 15 is 0 Å². The molecule has 1 heterocycles. The zero-order valence-electron chi connectivity index (χ0n) is 10.8. The molecule has 16 heavy (non-hydrogen) atoms. The summed E-state index contributed by atoms with van der Waals surface area (Å²) in [6.07, 6.45) is 2.85. The van der Waals surface area contributed by atoms with Crippen molar-refractivity contribution < 1.29 is 5.11 Å². The lowest BCUT2D eigenvalue weighted by molar-refractivity contribution is 0.0660. The lowest BCUT2D eigenvalue weighted by atomic mass is 10.1. The van der Waals surface area contributed by atoms with Gasteiger partial charge in [-0.1, -0.05) is 13.8 Å². The standard InChI is InChI=1S/C13H24N2O/c1-11(2)14-10-12-6-5-8-15(12)9-7-13(3,4)16/h5-6,8,11,14,16H,7,9-10H2,1-4H3. The Kier molecular flexibility index (Phi) is 4.56. The van der Waals surface area contributed by atoms with Gasteiger partial charge in [-0.2, -0.15) is 0 Å². The van der Waals surface area contributed by atoms with Crippen molar-refractivity contribution >= 4 is 0 Å². The second-order valence-corrected chi connectivity index (χ2v) is 5.29. The van der Waals surface area contributed by atoms with Crippen molar-refractivity contribution in [1.82, 2.24) is 9.88 Å². The van der Waals surface area contributed by atoms with Gasteiger partial charge in [-0.15, -0.1) is 0 Å². The van der Waals surface area contributed by atoms with E-state index in [1.165, 1.54) is 5.69 Å². The molecule has 2 N–H and O–H groups in total. The highest BCUT2D eigenvalue weighted by Crippen LogP contribution is 2.11. The van der Waals surface area contributed by atoms with Gasteiger partial charge in [0.1, 0.15) is 0 Å². The molecule has 0 spiro atoms. The molecule has 0 fully saturated rings. The number of rotatable bonds is 6. The Balaban J connectivity index is 2.50. The number of hydrogen-bond acceptors (Lipinski definition) is 2. The lowest BCUT2D eigenvalue weighted by Crippen LogP contribution is -2.25. The molecule has 0 amide bonds. The molecule has 1 aromatic heterocycles. The van der Waals surface area contributed by atoms with E-state index in [0.717, 1.165) is 19.5 Å². The minimum absolute atomic E-state index is 0.498. The molecule has 0 aliphatic rings. The molecule has 0 aliphatic heterocycles. The van der Waals surface area contributed by atoms with Crippen LogP contribution >= 0.6 is 0 Å². The van der Waals surface area contributed by atoms with Gasteiger partial charge in [0.2, 0.25) is 0 Å². The van der Waals surface area contributed by atoms with E-state index in [1.807, 2.05) is 13.8 Å². The van der Waals surface area contributed by atoms with Crippen LogP contribution in [-0.2, 0) is 13.1 Å². The van der Waals surface area contributed by atoms with E-state index in [2.05, 4.69) is 42.1 Å². The fraction of sp³-hybridized carbons (Fsp3) is 0.692. The maximum atomic E-state index is 9.70. The van der Waals surface area contributed by atoms with E-state index in [0.29, 0.717) is 6.04 Å². The Morgan fingerprint density at radius 3 is 2.69 bits per heavy atom. The number of aromatic nitrogens is 1. The molecule has 0 aromatic carbocycles. The molecule has 1 rings (SSSR count). The topological polar surface area (TPSA) is 37.2 Å². The summed E-state index contributed by atoms with van der Waals surface area (Å²) in [6.45, 7) is 9.74. The van der Waals surface area contributed by atoms with Crippen LogP contribution in [0.4, 0.5) is 0 Å². The van der Waals surface area contributed by atoms with Crippen LogP contribution in [0.25, 0.3) is 0 Å². The quantitative estimate of drug-likeness (QED) is 0.777. The third-order valence-corrected chi connectivity index (χ3v) is 2.58. The highest BCUT2D eigenvalue weighted by Gasteiger charge is 2.12. The van der Waals surface area contributed by atoms with Gasteiger partial charge >= 0.3 is 0 Å². The van der Waals surface area contributed by atoms with Crippen molar-refractivity contribution in [1.29, 1.82) is 0 Å². The Morgan fingerprint density at radius 1 is 1.44 bits per heavy atom. The van der Waals surface area contributed by atoms with Crippen LogP contribution in [0.1, 0.15) is 39.8 Å². The van der Waals surface area contributed by atoms with E-state index < -0.39 is 5.60 Å². The van der Waals surface area contributed by atoms with E-state index in [9.17, 15) is 5.11 Å². The summed E-state index contributed by atoms with van der Waals surface area (Å²) < 4.78 is 2.20. The van der Waals surface area contributed by atoms with Gasteiger partial charge in [0.15, 0.2) is 0 Å². The molecule has 0 atom stereocenters. The minimum atomic E-state index is -0.590. The number of nitrogens with one attached hydrogen (secondary N) is 1. The Labute approximate surface area is 98.5 Å². The summed E-state index contributed by atoms with van der Waals surface area (Å²) in [7, 11) is 0. The molecule has 0 aliphatic carbocycles. The summed E-state index contributed by atoms with van der Waals surface area (Å²) in [5.74, 6) is 0. The smallest absolute Gasteiger partial charge is 0.0608 e. The van der Waals surface area contributed by atoms with Crippen molar-refractivity contribution in [3.8, 4) is 0 Å². The van der Waals surface area contributed by atoms with Gasteiger partial charge < -0.3 is 15.0 Å². The fourth-order valence-electron chi connectivity index (χ4n) is 1.53. The summed E-state index contributed by atoms with van der Waals surface area (Å²) >= 11 is 0. The zero-order chi connectivity index (χ0) is 12.2. The second kappa shape index (κ2) is 5.51. The van der Waals surface area contributed by atoms with Gasteiger partial charge in [-0.05, 0) is 32.4 Å². The van der Waals surface area contributed by atoms with Crippen molar-refractivity contribution in [3.05, 3.63) is 24.0 Å². The van der Waals surface area contributed by atoms with Gasteiger partial charge in [-0.3, -0.25) is 0 Å². The summed E-state index contributed by atoms with van der Waals surface area (Å²) in [5, 5.41) is 13.1. The molecular formula is C13H24N2O. The zero-order valence-corrected chi connectivity index (χ0v) is 10.8. The molecule has 0 unspecified atom stereocenters. The van der Waals surface area contributed by atoms with Crippen molar-refractivity contribution in [2.45, 2.75) is 58.8 Å². The summed E-state index contributed by atoms with van der Waals surface area (Å²) in [5.41, 5.74) is 0.686. The Hall–Kier alpha value is -0.800. The average Bonchev–Trinajstić information content (AvgIpc) is 2.57. The van der Waals surface area contributed by atoms with Gasteiger partial charge in [0, 0.05) is 31.0 Å². The van der Waals surface area contributed by atoms with Crippen LogP contribution in [0.15, 0.2) is 18.3 Å². The highest BCUT2D eigenvalue weighted by molar-refractivity contribution is 5.07. The molecule has 0 saturated heterocycles. The second-order valence-electron chi connectivity index (χ2n) is 5.29. The predicted octanol–water partition coefficient (Wildman–Crippen LogP) is 2.15. The van der Waals surface area contributed by atoms with Crippen LogP contribution in [0.5, 0.6) is 0 Å². The lowest BCUT2D eigenvalue weighted by Gasteiger charge is -2.19. The van der Waals surface area contributed by atoms with Crippen LogP contribution < -0.4 is 5.32 Å². The molecule has 0 saturated carbocycles. The van der Waals surface area contributed by atoms with E-state index in [1.54, 1.807) is 0 Å². The molecule has 1 aromatic rings. The van der Waals surface area contributed by atoms with Crippen LogP contribution in [0.3, 0.4) is 0 Å². The number of aliphatic hydroxyl groups is 1. The van der Waals surface area contributed by atoms with Crippen molar-refractivity contribution in [2.75, 3.05) is 0 Å². The first kappa shape index (κ1) is 13.3. The third-order valence-electron chi connectivity index (χ3n) is 2.58. The van der Waals surface area contributed by atoms with Gasteiger partial charge in [0.25, 0.3) is 0 Å². The van der Waals surface area contributed by atoms with E-state index in [-0.39, 0.29) is 0 Å². The largest absolute Gasteiger partial charge is 0.390 e. The average molecular weight is 224 g/mol. The highest BCUT2D eigenvalue weighted by atomic mass is 16.3. The molecule has 0 radical (unpaired) electrons. The van der Waals surface area contributed by atoms with E-state index in [4.69, 9.17) is 0 Å². The summed E-state index contributed by atoms with van der Waals surface area (Å²) in [4.78, 5) is 0. The Morgan fingerprint density at radius 2 is 2.12 bits per heavy atom. The maximum Gasteiger partial charge on any atom is 0.0608 e. The van der Waals surface area contributed by atoms with Crippen LogP contribution in [0.2, 0.25) is 0 Å². The molecule has 92 valence electrons. The first-order chi connectivity index (χ1) is 7.38. The van der Waals surface area contributed by atoms with Crippen molar-refractivity contribution in [2.24, 2.45) is 0 Å². The maximum absolute atomic E-state index is 9.70. The van der Waals surface area contributed by atoms with Crippen LogP contribution in [-0.4, -0.2) is 21.3 Å². The first-order valence-corrected chi connectivity index (χ1v) is 5.98. The Bertz CT molecular complexity index is 310. The predicted molar refractivity (Wildman–Crippen MR) is 67.3 cm³/mol. The van der Waals surface area contributed by atoms with Crippen LogP contribution in [0, 0.1) is 0 Å². The van der Waals surface area contributed by atoms with Crippen molar-refractivity contribution in [3.63, 3.8) is 0 Å². The minimum Gasteiger partial charge on any atom is -0.390 e. The first-order valence-electron chi connectivity index (χ1n) is 5.98. The molecular weight excluding hydrogens is 200 g/mol. The number of nitrogens with zero attached hydrogens (tertiary/aromatic N) is 1. The number of aryl methyl sites for hydroxylation is 1. The number of hydrogen-bond donors (Lipinski definition) is 2. The molecule has 3 nitrogen and oxygen atoms in total. The normalized spacial score (nSPS) is 12.4. The molecule has 3 heteroatoms. The fourth-order valence-corrected chi connectivity index (χ4v) is 1.53. The monoisotopic (exact) mass is 224 g/mol. The summed E-state index contributed by atoms with van der Waals surface area (Å²) in [6, 6.07) is 4.68. The van der Waals surface area contributed by atoms with Gasteiger partial charge in [0.05, 0.1) is 5.60 Å².